The molecule has 6 heteroatoms. The molecule has 1 spiro atoms. The number of amides is 1. The summed E-state index contributed by atoms with van der Waals surface area (Å²) >= 11 is 0. The van der Waals surface area contributed by atoms with Crippen LogP contribution in [0.1, 0.15) is 48.0 Å². The van der Waals surface area contributed by atoms with Gasteiger partial charge in [-0.3, -0.25) is 4.79 Å². The van der Waals surface area contributed by atoms with Gasteiger partial charge in [-0.2, -0.15) is 0 Å². The van der Waals surface area contributed by atoms with Crippen molar-refractivity contribution in [1.82, 2.24) is 4.90 Å². The highest BCUT2D eigenvalue weighted by molar-refractivity contribution is 5.95. The van der Waals surface area contributed by atoms with Crippen LogP contribution in [0.3, 0.4) is 0 Å². The topological polar surface area (TPSA) is 75.8 Å². The number of hydrogen-bond acceptors (Lipinski definition) is 4. The lowest BCUT2D eigenvalue weighted by Gasteiger charge is -2.38. The Bertz CT molecular complexity index is 882. The van der Waals surface area contributed by atoms with E-state index in [-0.39, 0.29) is 11.5 Å². The molecule has 2 atom stereocenters. The number of aliphatic hydroxyl groups is 1. The van der Waals surface area contributed by atoms with E-state index < -0.39 is 17.5 Å². The number of halogens is 1. The van der Waals surface area contributed by atoms with E-state index in [0.717, 1.165) is 37.7 Å². The molecule has 1 saturated carbocycles. The van der Waals surface area contributed by atoms with Gasteiger partial charge in [-0.05, 0) is 81.0 Å². The minimum absolute atomic E-state index is 0.0115. The quantitative estimate of drug-likeness (QED) is 0.806. The van der Waals surface area contributed by atoms with Gasteiger partial charge < -0.3 is 20.5 Å². The lowest BCUT2D eigenvalue weighted by Crippen LogP contribution is -2.52. The molecule has 0 bridgehead atoms. The number of nitrogens with zero attached hydrogens (tertiary/aromatic N) is 1. The summed E-state index contributed by atoms with van der Waals surface area (Å²) in [6.45, 7) is 1.12. The van der Waals surface area contributed by atoms with Crippen LogP contribution in [-0.2, 0) is 6.42 Å². The Kier molecular flexibility index (Phi) is 5.56. The van der Waals surface area contributed by atoms with Crippen molar-refractivity contribution in [2.24, 2.45) is 5.73 Å². The third-order valence-electron chi connectivity index (χ3n) is 6.24. The van der Waals surface area contributed by atoms with Crippen LogP contribution in [0.15, 0.2) is 42.5 Å². The fraction of sp³-hybridized carbons (Fsp3) is 0.435. The first-order chi connectivity index (χ1) is 14.0. The molecule has 2 fully saturated rings. The van der Waals surface area contributed by atoms with Crippen LogP contribution in [0.25, 0.3) is 0 Å². The molecule has 2 aliphatic rings. The van der Waals surface area contributed by atoms with Gasteiger partial charge in [0.1, 0.15) is 17.3 Å². The average Bonchev–Trinajstić information content (AvgIpc) is 3.31. The number of rotatable bonds is 5. The monoisotopic (exact) mass is 398 g/mol. The molecule has 4 rings (SSSR count). The molecule has 3 N–H and O–H groups in total. The maximum atomic E-state index is 14.5. The van der Waals surface area contributed by atoms with Crippen LogP contribution in [-0.4, -0.2) is 40.6 Å². The van der Waals surface area contributed by atoms with Gasteiger partial charge in [0.05, 0.1) is 17.2 Å². The predicted molar refractivity (Wildman–Crippen MR) is 109 cm³/mol. The summed E-state index contributed by atoms with van der Waals surface area (Å²) in [5, 5.41) is 10.5. The van der Waals surface area contributed by atoms with Crippen LogP contribution in [0, 0.1) is 5.82 Å². The number of carbonyl (C=O) groups is 1. The third kappa shape index (κ3) is 3.74. The van der Waals surface area contributed by atoms with E-state index in [1.807, 2.05) is 24.3 Å². The van der Waals surface area contributed by atoms with E-state index in [1.54, 1.807) is 4.90 Å². The molecule has 1 saturated heterocycles. The molecule has 154 valence electrons. The summed E-state index contributed by atoms with van der Waals surface area (Å²) in [5.74, 6) is 0.0704. The van der Waals surface area contributed by atoms with Gasteiger partial charge in [-0.1, -0.05) is 12.1 Å². The summed E-state index contributed by atoms with van der Waals surface area (Å²) in [7, 11) is 0. The van der Waals surface area contributed by atoms with E-state index in [2.05, 4.69) is 0 Å². The van der Waals surface area contributed by atoms with Crippen molar-refractivity contribution in [2.75, 3.05) is 13.1 Å². The first-order valence-corrected chi connectivity index (χ1v) is 10.3. The second-order valence-corrected chi connectivity index (χ2v) is 8.00. The number of hydrogen-bond donors (Lipinski definition) is 2. The minimum Gasteiger partial charge on any atom is -0.457 e. The average molecular weight is 398 g/mol. The van der Waals surface area contributed by atoms with E-state index in [9.17, 15) is 14.3 Å². The second kappa shape index (κ2) is 8.13. The third-order valence-corrected chi connectivity index (χ3v) is 6.24. The first kappa shape index (κ1) is 19.9. The molecule has 1 heterocycles. The van der Waals surface area contributed by atoms with Gasteiger partial charge in [0.25, 0.3) is 5.91 Å². The van der Waals surface area contributed by atoms with Gasteiger partial charge in [-0.25, -0.2) is 4.39 Å². The maximum absolute atomic E-state index is 14.5. The zero-order chi connectivity index (χ0) is 20.4. The highest BCUT2D eigenvalue weighted by Gasteiger charge is 2.51. The number of carbonyl (C=O) groups excluding carboxylic acids is 1. The molecular formula is C23H27FN2O3. The van der Waals surface area contributed by atoms with Crippen molar-refractivity contribution in [3.63, 3.8) is 0 Å². The normalized spacial score (nSPS) is 23.7. The van der Waals surface area contributed by atoms with Gasteiger partial charge >= 0.3 is 0 Å². The number of benzene rings is 2. The van der Waals surface area contributed by atoms with Crippen molar-refractivity contribution in [3.8, 4) is 11.5 Å². The van der Waals surface area contributed by atoms with Crippen LogP contribution in [0.4, 0.5) is 4.39 Å². The Balaban J connectivity index is 1.56. The Labute approximate surface area is 170 Å². The summed E-state index contributed by atoms with van der Waals surface area (Å²) in [6.07, 6.45) is 4.20. The number of nitrogens with two attached hydrogens (primary N) is 1. The largest absolute Gasteiger partial charge is 0.457 e. The van der Waals surface area contributed by atoms with Crippen LogP contribution < -0.4 is 10.5 Å². The first-order valence-electron chi connectivity index (χ1n) is 10.3. The Hall–Kier alpha value is -2.44. The molecule has 1 amide bonds. The number of aliphatic hydroxyl groups excluding tert-OH is 1. The van der Waals surface area contributed by atoms with Crippen molar-refractivity contribution < 1.29 is 19.0 Å². The minimum atomic E-state index is -0.574. The van der Waals surface area contributed by atoms with Crippen molar-refractivity contribution in [3.05, 3.63) is 59.4 Å². The van der Waals surface area contributed by atoms with Crippen LogP contribution in [0.5, 0.6) is 11.5 Å². The smallest absolute Gasteiger partial charge is 0.257 e. The van der Waals surface area contributed by atoms with Crippen molar-refractivity contribution in [2.45, 2.75) is 50.2 Å². The predicted octanol–water partition coefficient (Wildman–Crippen LogP) is 3.64. The van der Waals surface area contributed by atoms with Gasteiger partial charge in [0.15, 0.2) is 0 Å². The molecule has 0 unspecified atom stereocenters. The van der Waals surface area contributed by atoms with Gasteiger partial charge in [0.2, 0.25) is 0 Å². The fourth-order valence-electron chi connectivity index (χ4n) is 4.75. The maximum Gasteiger partial charge on any atom is 0.257 e. The summed E-state index contributed by atoms with van der Waals surface area (Å²) < 4.78 is 20.4. The van der Waals surface area contributed by atoms with Crippen molar-refractivity contribution in [1.29, 1.82) is 0 Å². The highest BCUT2D eigenvalue weighted by Crippen LogP contribution is 2.44. The molecule has 1 aliphatic carbocycles. The highest BCUT2D eigenvalue weighted by atomic mass is 19.1. The lowest BCUT2D eigenvalue weighted by atomic mass is 9.91. The molecule has 2 aromatic rings. The second-order valence-electron chi connectivity index (χ2n) is 8.00. The number of ether oxygens (including phenoxy) is 1. The van der Waals surface area contributed by atoms with E-state index in [4.69, 9.17) is 10.5 Å². The summed E-state index contributed by atoms with van der Waals surface area (Å²) in [5.41, 5.74) is 6.13. The van der Waals surface area contributed by atoms with Crippen LogP contribution in [0.2, 0.25) is 0 Å². The zero-order valence-corrected chi connectivity index (χ0v) is 16.4. The van der Waals surface area contributed by atoms with Crippen LogP contribution >= 0.6 is 0 Å². The Morgan fingerprint density at radius 3 is 2.59 bits per heavy atom. The fourth-order valence-corrected chi connectivity index (χ4v) is 4.75. The summed E-state index contributed by atoms with van der Waals surface area (Å²) in [6, 6.07) is 11.8. The molecule has 1 aliphatic heterocycles. The standard InChI is InChI=1S/C23H27FN2O3/c24-20-9-8-18(29-17-6-4-16(5-7-17)10-13-25)15-19(20)22(28)26-14-2-12-23(26)11-1-3-21(23)27/h4-9,15,21,27H,1-3,10-14,25H2/t21-,23-/m1/s1. The molecular weight excluding hydrogens is 371 g/mol. The summed E-state index contributed by atoms with van der Waals surface area (Å²) in [4.78, 5) is 14.9. The lowest BCUT2D eigenvalue weighted by molar-refractivity contribution is 0.0148. The number of likely N-dealkylation sites (tertiary alicyclic amines) is 1. The van der Waals surface area contributed by atoms with E-state index in [0.29, 0.717) is 31.0 Å². The molecule has 5 nitrogen and oxygen atoms in total. The molecule has 0 aromatic heterocycles. The van der Waals surface area contributed by atoms with Gasteiger partial charge in [0, 0.05) is 6.54 Å². The molecule has 2 aromatic carbocycles. The Morgan fingerprint density at radius 2 is 1.90 bits per heavy atom. The zero-order valence-electron chi connectivity index (χ0n) is 16.4. The SMILES string of the molecule is NCCc1ccc(Oc2ccc(F)c(C(=O)N3CCC[C@@]34CCC[C@H]4O)c2)cc1. The molecule has 29 heavy (non-hydrogen) atoms. The van der Waals surface area contributed by atoms with Crippen molar-refractivity contribution >= 4 is 5.91 Å². The van der Waals surface area contributed by atoms with E-state index in [1.165, 1.54) is 18.2 Å². The van der Waals surface area contributed by atoms with Gasteiger partial charge in [-0.15, -0.1) is 0 Å². The van der Waals surface area contributed by atoms with E-state index >= 15 is 0 Å². The molecule has 0 radical (unpaired) electrons. The Morgan fingerprint density at radius 1 is 1.17 bits per heavy atom.